The van der Waals surface area contributed by atoms with Crippen LogP contribution in [0.15, 0.2) is 41.0 Å². The van der Waals surface area contributed by atoms with Crippen LogP contribution < -0.4 is 0 Å². The number of carbonyl (C=O) groups is 1. The molecule has 0 bridgehead atoms. The number of halogens is 1. The zero-order valence-corrected chi connectivity index (χ0v) is 10.9. The van der Waals surface area contributed by atoms with Crippen LogP contribution in [0.2, 0.25) is 0 Å². The van der Waals surface area contributed by atoms with Crippen LogP contribution in [0.1, 0.15) is 21.5 Å². The van der Waals surface area contributed by atoms with Gasteiger partial charge >= 0.3 is 0 Å². The minimum atomic E-state index is -1.04. The van der Waals surface area contributed by atoms with Crippen LogP contribution in [-0.4, -0.2) is 10.8 Å². The maximum atomic E-state index is 13.1. The average molecular weight is 286 g/mol. The van der Waals surface area contributed by atoms with E-state index in [1.807, 2.05) is 6.07 Å². The van der Waals surface area contributed by atoms with Gasteiger partial charge in [-0.1, -0.05) is 0 Å². The van der Waals surface area contributed by atoms with E-state index in [2.05, 4.69) is 4.98 Å². The number of ketones is 1. The number of hydrogen-bond acceptors (Lipinski definition) is 5. The van der Waals surface area contributed by atoms with Crippen molar-refractivity contribution < 1.29 is 13.6 Å². The number of Topliss-reactive ketones (excluding diaryl/α,β-unsaturated/α-hetero) is 1. The minimum absolute atomic E-state index is 0.113. The van der Waals surface area contributed by atoms with E-state index in [0.29, 0.717) is 10.5 Å². The lowest BCUT2D eigenvalue weighted by Crippen LogP contribution is -2.10. The first-order valence-electron chi connectivity index (χ1n) is 5.72. The summed E-state index contributed by atoms with van der Waals surface area (Å²) in [6, 6.07) is 9.18. The fourth-order valence-electron chi connectivity index (χ4n) is 1.83. The van der Waals surface area contributed by atoms with Crippen molar-refractivity contribution in [2.24, 2.45) is 0 Å². The van der Waals surface area contributed by atoms with Gasteiger partial charge in [-0.05, 0) is 24.3 Å². The number of fused-ring (bicyclic) bond motifs is 1. The molecule has 0 fully saturated rings. The molecule has 0 unspecified atom stereocenters. The molecule has 2 aromatic heterocycles. The quantitative estimate of drug-likeness (QED) is 0.691. The maximum Gasteiger partial charge on any atom is 0.222 e. The highest BCUT2D eigenvalue weighted by Crippen LogP contribution is 2.29. The highest BCUT2D eigenvalue weighted by atomic mass is 32.1. The van der Waals surface area contributed by atoms with Gasteiger partial charge < -0.3 is 4.42 Å². The smallest absolute Gasteiger partial charge is 0.222 e. The van der Waals surface area contributed by atoms with Crippen molar-refractivity contribution in [1.82, 2.24) is 4.98 Å². The molecule has 0 aliphatic rings. The van der Waals surface area contributed by atoms with Crippen molar-refractivity contribution in [1.29, 1.82) is 5.26 Å². The van der Waals surface area contributed by atoms with Gasteiger partial charge in [0.15, 0.2) is 11.7 Å². The van der Waals surface area contributed by atoms with E-state index in [4.69, 9.17) is 4.42 Å². The number of benzene rings is 1. The van der Waals surface area contributed by atoms with Crippen LogP contribution in [0, 0.1) is 17.1 Å². The first kappa shape index (κ1) is 12.5. The lowest BCUT2D eigenvalue weighted by atomic mass is 10.1. The van der Waals surface area contributed by atoms with Crippen molar-refractivity contribution in [3.05, 3.63) is 53.2 Å². The molecule has 0 radical (unpaired) electrons. The van der Waals surface area contributed by atoms with E-state index in [1.54, 1.807) is 12.1 Å². The predicted octanol–water partition coefficient (Wildman–Crippen LogP) is 3.52. The van der Waals surface area contributed by atoms with Crippen molar-refractivity contribution in [2.45, 2.75) is 5.92 Å². The third kappa shape index (κ3) is 2.08. The van der Waals surface area contributed by atoms with Crippen molar-refractivity contribution in [2.75, 3.05) is 0 Å². The molecule has 1 aromatic carbocycles. The van der Waals surface area contributed by atoms with Crippen molar-refractivity contribution in [3.8, 4) is 6.07 Å². The molecule has 0 saturated heterocycles. The molecule has 3 rings (SSSR count). The Kier molecular flexibility index (Phi) is 3.05. The van der Waals surface area contributed by atoms with Crippen LogP contribution in [0.3, 0.4) is 0 Å². The van der Waals surface area contributed by atoms with Gasteiger partial charge in [0.25, 0.3) is 0 Å². The molecule has 6 heteroatoms. The van der Waals surface area contributed by atoms with E-state index >= 15 is 0 Å². The monoisotopic (exact) mass is 286 g/mol. The van der Waals surface area contributed by atoms with E-state index in [-0.39, 0.29) is 5.76 Å². The Morgan fingerprint density at radius 1 is 1.45 bits per heavy atom. The average Bonchev–Trinajstić information content (AvgIpc) is 3.07. The summed E-state index contributed by atoms with van der Waals surface area (Å²) in [5.41, 5.74) is 0.442. The highest BCUT2D eigenvalue weighted by Gasteiger charge is 2.27. The van der Waals surface area contributed by atoms with Gasteiger partial charge in [-0.15, -0.1) is 11.3 Å². The largest absolute Gasteiger partial charge is 0.461 e. The van der Waals surface area contributed by atoms with Crippen LogP contribution in [0.4, 0.5) is 4.39 Å². The number of nitriles is 1. The second-order valence-corrected chi connectivity index (χ2v) is 5.13. The van der Waals surface area contributed by atoms with Crippen LogP contribution in [0.25, 0.3) is 10.2 Å². The van der Waals surface area contributed by atoms with Crippen LogP contribution >= 0.6 is 11.3 Å². The summed E-state index contributed by atoms with van der Waals surface area (Å²) in [6.45, 7) is 0. The molecular weight excluding hydrogens is 279 g/mol. The summed E-state index contributed by atoms with van der Waals surface area (Å²) in [4.78, 5) is 16.3. The second kappa shape index (κ2) is 4.87. The molecule has 98 valence electrons. The molecule has 0 spiro atoms. The van der Waals surface area contributed by atoms with Crippen LogP contribution in [-0.2, 0) is 0 Å². The molecule has 0 aliphatic heterocycles. The standard InChI is InChI=1S/C14H7FN2O2S/c15-8-3-4-12-10(6-8)17-14(20-12)9(7-16)13(18)11-2-1-5-19-11/h1-6,9H/t9-/m1/s1. The topological polar surface area (TPSA) is 66.9 Å². The fraction of sp³-hybridized carbons (Fsp3) is 0.0714. The van der Waals surface area contributed by atoms with Gasteiger partial charge in [0.05, 0.1) is 22.5 Å². The molecule has 0 amide bonds. The SMILES string of the molecule is N#C[C@H](C(=O)c1ccco1)c1nc2cc(F)ccc2s1. The Labute approximate surface area is 117 Å². The fourth-order valence-corrected chi connectivity index (χ4v) is 2.82. The molecule has 2 heterocycles. The van der Waals surface area contributed by atoms with Gasteiger partial charge in [-0.3, -0.25) is 4.79 Å². The Bertz CT molecular complexity index is 817. The summed E-state index contributed by atoms with van der Waals surface area (Å²) in [6.07, 6.45) is 1.37. The van der Waals surface area contributed by atoms with Gasteiger partial charge in [0, 0.05) is 6.07 Å². The number of aromatic nitrogens is 1. The second-order valence-electron chi connectivity index (χ2n) is 4.07. The molecular formula is C14H7FN2O2S. The lowest BCUT2D eigenvalue weighted by Gasteiger charge is -2.01. The molecule has 4 nitrogen and oxygen atoms in total. The summed E-state index contributed by atoms with van der Waals surface area (Å²) >= 11 is 1.20. The van der Waals surface area contributed by atoms with Gasteiger partial charge in [0.1, 0.15) is 10.8 Å². The number of rotatable bonds is 3. The third-order valence-electron chi connectivity index (χ3n) is 2.77. The number of furan rings is 1. The summed E-state index contributed by atoms with van der Waals surface area (Å²) in [5.74, 6) is -1.78. The molecule has 20 heavy (non-hydrogen) atoms. The minimum Gasteiger partial charge on any atom is -0.461 e. The molecule has 0 saturated carbocycles. The first-order valence-corrected chi connectivity index (χ1v) is 6.54. The number of hydrogen-bond donors (Lipinski definition) is 0. The molecule has 3 aromatic rings. The summed E-state index contributed by atoms with van der Waals surface area (Å²) in [5, 5.41) is 9.55. The van der Waals surface area contributed by atoms with E-state index in [9.17, 15) is 14.4 Å². The lowest BCUT2D eigenvalue weighted by molar-refractivity contribution is 0.0952. The zero-order chi connectivity index (χ0) is 14.1. The number of thiazole rings is 1. The molecule has 0 aliphatic carbocycles. The highest BCUT2D eigenvalue weighted by molar-refractivity contribution is 7.18. The number of carbonyl (C=O) groups excluding carboxylic acids is 1. The Balaban J connectivity index is 2.04. The Hall–Kier alpha value is -2.52. The van der Waals surface area contributed by atoms with Crippen molar-refractivity contribution in [3.63, 3.8) is 0 Å². The molecule has 1 atom stereocenters. The summed E-state index contributed by atoms with van der Waals surface area (Å²) < 4.78 is 18.9. The van der Waals surface area contributed by atoms with E-state index in [0.717, 1.165) is 4.70 Å². The van der Waals surface area contributed by atoms with Gasteiger partial charge in [0.2, 0.25) is 5.78 Å². The van der Waals surface area contributed by atoms with Gasteiger partial charge in [-0.25, -0.2) is 9.37 Å². The Morgan fingerprint density at radius 3 is 3.00 bits per heavy atom. The van der Waals surface area contributed by atoms with E-state index in [1.165, 1.54) is 35.8 Å². The Morgan fingerprint density at radius 2 is 2.30 bits per heavy atom. The maximum absolute atomic E-state index is 13.1. The first-order chi connectivity index (χ1) is 9.69. The van der Waals surface area contributed by atoms with Crippen LogP contribution in [0.5, 0.6) is 0 Å². The van der Waals surface area contributed by atoms with Gasteiger partial charge in [-0.2, -0.15) is 5.26 Å². The normalized spacial score (nSPS) is 12.2. The predicted molar refractivity (Wildman–Crippen MR) is 71.0 cm³/mol. The summed E-state index contributed by atoms with van der Waals surface area (Å²) in [7, 11) is 0. The molecule has 0 N–H and O–H groups in total. The third-order valence-corrected chi connectivity index (χ3v) is 3.87. The van der Waals surface area contributed by atoms with Crippen molar-refractivity contribution >= 4 is 27.3 Å². The zero-order valence-electron chi connectivity index (χ0n) is 10.0. The van der Waals surface area contributed by atoms with E-state index < -0.39 is 17.5 Å². The number of nitrogens with zero attached hydrogens (tertiary/aromatic N) is 2.